The van der Waals surface area contributed by atoms with Gasteiger partial charge in [-0.05, 0) is 19.8 Å². The zero-order valence-electron chi connectivity index (χ0n) is 9.50. The molecule has 0 aliphatic rings. The molecule has 1 rings (SSSR count). The van der Waals surface area contributed by atoms with Gasteiger partial charge in [-0.15, -0.1) is 0 Å². The van der Waals surface area contributed by atoms with Crippen LogP contribution >= 0.6 is 0 Å². The highest BCUT2D eigenvalue weighted by molar-refractivity contribution is 5.74. The lowest BCUT2D eigenvalue weighted by atomic mass is 10.1. The number of carboxylic acids is 1. The molecular formula is C11H18N2O2. The maximum Gasteiger partial charge on any atom is 0.314 e. The third-order valence-electron chi connectivity index (χ3n) is 2.53. The van der Waals surface area contributed by atoms with E-state index in [0.717, 1.165) is 24.2 Å². The minimum absolute atomic E-state index is 0.505. The fourth-order valence-electron chi connectivity index (χ4n) is 1.65. The van der Waals surface area contributed by atoms with Gasteiger partial charge in [-0.2, -0.15) is 0 Å². The average molecular weight is 210 g/mol. The quantitative estimate of drug-likeness (QED) is 0.783. The number of aliphatic carboxylic acids is 1. The molecule has 4 nitrogen and oxygen atoms in total. The SMILES string of the molecule is CCCc1nc(C(CC)C(=O)O)[nH]c1C. The molecule has 0 aliphatic heterocycles. The van der Waals surface area contributed by atoms with E-state index in [1.807, 2.05) is 13.8 Å². The molecule has 1 aromatic rings. The van der Waals surface area contributed by atoms with Gasteiger partial charge in [0, 0.05) is 5.69 Å². The average Bonchev–Trinajstić information content (AvgIpc) is 2.49. The lowest BCUT2D eigenvalue weighted by Gasteiger charge is -2.04. The van der Waals surface area contributed by atoms with Crippen molar-refractivity contribution in [1.29, 1.82) is 0 Å². The summed E-state index contributed by atoms with van der Waals surface area (Å²) < 4.78 is 0. The number of rotatable bonds is 5. The fraction of sp³-hybridized carbons (Fsp3) is 0.636. The maximum absolute atomic E-state index is 10.9. The smallest absolute Gasteiger partial charge is 0.314 e. The van der Waals surface area contributed by atoms with E-state index in [2.05, 4.69) is 16.9 Å². The molecule has 0 saturated heterocycles. The number of nitrogens with one attached hydrogen (secondary N) is 1. The normalized spacial score (nSPS) is 12.7. The predicted molar refractivity (Wildman–Crippen MR) is 58.0 cm³/mol. The standard InChI is InChI=1S/C11H18N2O2/c1-4-6-9-7(3)12-10(13-9)8(5-2)11(14)15/h8H,4-6H2,1-3H3,(H,12,13)(H,14,15). The van der Waals surface area contributed by atoms with Gasteiger partial charge in [0.2, 0.25) is 0 Å². The Kier molecular flexibility index (Phi) is 3.88. The molecule has 0 fully saturated rings. The molecule has 1 unspecified atom stereocenters. The largest absolute Gasteiger partial charge is 0.481 e. The van der Waals surface area contributed by atoms with Crippen LogP contribution in [0.2, 0.25) is 0 Å². The number of hydrogen-bond acceptors (Lipinski definition) is 2. The number of aromatic nitrogens is 2. The summed E-state index contributed by atoms with van der Waals surface area (Å²) in [5.41, 5.74) is 1.98. The summed E-state index contributed by atoms with van der Waals surface area (Å²) >= 11 is 0. The van der Waals surface area contributed by atoms with Crippen molar-refractivity contribution in [3.8, 4) is 0 Å². The number of carbonyl (C=O) groups is 1. The van der Waals surface area contributed by atoms with Crippen molar-refractivity contribution in [2.24, 2.45) is 0 Å². The number of nitrogens with zero attached hydrogens (tertiary/aromatic N) is 1. The molecule has 4 heteroatoms. The van der Waals surface area contributed by atoms with Crippen LogP contribution in [0.5, 0.6) is 0 Å². The predicted octanol–water partition coefficient (Wildman–Crippen LogP) is 2.25. The van der Waals surface area contributed by atoms with Crippen molar-refractivity contribution < 1.29 is 9.90 Å². The molecule has 0 spiro atoms. The molecule has 0 aliphatic carbocycles. The molecule has 0 bridgehead atoms. The molecule has 1 atom stereocenters. The van der Waals surface area contributed by atoms with Crippen molar-refractivity contribution in [2.45, 2.75) is 46.0 Å². The van der Waals surface area contributed by atoms with Crippen LogP contribution in [-0.2, 0) is 11.2 Å². The Morgan fingerprint density at radius 3 is 2.67 bits per heavy atom. The first-order valence-corrected chi connectivity index (χ1v) is 5.38. The first-order chi connectivity index (χ1) is 7.10. The van der Waals surface area contributed by atoms with Gasteiger partial charge in [-0.1, -0.05) is 20.3 Å². The van der Waals surface area contributed by atoms with Crippen molar-refractivity contribution in [2.75, 3.05) is 0 Å². The first-order valence-electron chi connectivity index (χ1n) is 5.38. The summed E-state index contributed by atoms with van der Waals surface area (Å²) in [5, 5.41) is 9.00. The van der Waals surface area contributed by atoms with Gasteiger partial charge >= 0.3 is 5.97 Å². The Balaban J connectivity index is 2.94. The fourth-order valence-corrected chi connectivity index (χ4v) is 1.65. The second-order valence-corrected chi connectivity index (χ2v) is 3.74. The van der Waals surface area contributed by atoms with Gasteiger partial charge in [0.15, 0.2) is 0 Å². The molecule has 0 amide bonds. The molecule has 0 saturated carbocycles. The van der Waals surface area contributed by atoms with Gasteiger partial charge in [0.25, 0.3) is 0 Å². The van der Waals surface area contributed by atoms with E-state index in [4.69, 9.17) is 5.11 Å². The van der Waals surface area contributed by atoms with E-state index in [1.54, 1.807) is 0 Å². The van der Waals surface area contributed by atoms with Gasteiger partial charge in [-0.25, -0.2) is 4.98 Å². The van der Waals surface area contributed by atoms with Crippen molar-refractivity contribution in [3.63, 3.8) is 0 Å². The van der Waals surface area contributed by atoms with Crippen LogP contribution in [0.4, 0.5) is 0 Å². The lowest BCUT2D eigenvalue weighted by Crippen LogP contribution is -2.12. The van der Waals surface area contributed by atoms with Crippen LogP contribution in [0.3, 0.4) is 0 Å². The monoisotopic (exact) mass is 210 g/mol. The van der Waals surface area contributed by atoms with Crippen LogP contribution < -0.4 is 0 Å². The Morgan fingerprint density at radius 2 is 2.20 bits per heavy atom. The summed E-state index contributed by atoms with van der Waals surface area (Å²) in [4.78, 5) is 18.4. The Bertz CT molecular complexity index is 344. The third-order valence-corrected chi connectivity index (χ3v) is 2.53. The zero-order chi connectivity index (χ0) is 11.4. The highest BCUT2D eigenvalue weighted by Gasteiger charge is 2.21. The summed E-state index contributed by atoms with van der Waals surface area (Å²) in [5.74, 6) is -0.727. The van der Waals surface area contributed by atoms with Crippen LogP contribution in [0, 0.1) is 6.92 Å². The van der Waals surface area contributed by atoms with Crippen molar-refractivity contribution in [3.05, 3.63) is 17.2 Å². The molecule has 2 N–H and O–H groups in total. The van der Waals surface area contributed by atoms with E-state index in [0.29, 0.717) is 12.2 Å². The molecular weight excluding hydrogens is 192 g/mol. The zero-order valence-corrected chi connectivity index (χ0v) is 9.50. The van der Waals surface area contributed by atoms with Crippen LogP contribution in [0.25, 0.3) is 0 Å². The van der Waals surface area contributed by atoms with Crippen LogP contribution in [0.1, 0.15) is 49.8 Å². The number of carboxylic acid groups (broad SMARTS) is 1. The van der Waals surface area contributed by atoms with Gasteiger partial charge in [0.05, 0.1) is 5.69 Å². The van der Waals surface area contributed by atoms with E-state index in [1.165, 1.54) is 0 Å². The van der Waals surface area contributed by atoms with E-state index < -0.39 is 11.9 Å². The third kappa shape index (κ3) is 2.58. The second-order valence-electron chi connectivity index (χ2n) is 3.74. The number of H-pyrrole nitrogens is 1. The molecule has 84 valence electrons. The molecule has 1 heterocycles. The number of hydrogen-bond donors (Lipinski definition) is 2. The molecule has 15 heavy (non-hydrogen) atoms. The van der Waals surface area contributed by atoms with Gasteiger partial charge < -0.3 is 10.1 Å². The highest BCUT2D eigenvalue weighted by Crippen LogP contribution is 2.19. The van der Waals surface area contributed by atoms with E-state index >= 15 is 0 Å². The van der Waals surface area contributed by atoms with Gasteiger partial charge in [0.1, 0.15) is 11.7 Å². The summed E-state index contributed by atoms with van der Waals surface area (Å²) in [6.45, 7) is 5.88. The number of aromatic amines is 1. The van der Waals surface area contributed by atoms with Crippen LogP contribution in [0.15, 0.2) is 0 Å². The van der Waals surface area contributed by atoms with Crippen molar-refractivity contribution in [1.82, 2.24) is 9.97 Å². The minimum atomic E-state index is -0.811. The van der Waals surface area contributed by atoms with E-state index in [9.17, 15) is 4.79 Å². The Labute approximate surface area is 89.7 Å². The summed E-state index contributed by atoms with van der Waals surface area (Å²) in [6, 6.07) is 0. The highest BCUT2D eigenvalue weighted by atomic mass is 16.4. The Morgan fingerprint density at radius 1 is 1.53 bits per heavy atom. The maximum atomic E-state index is 10.9. The van der Waals surface area contributed by atoms with E-state index in [-0.39, 0.29) is 0 Å². The first kappa shape index (κ1) is 11.8. The number of imidazole rings is 1. The molecule has 1 aromatic heterocycles. The molecule has 0 aromatic carbocycles. The summed E-state index contributed by atoms with van der Waals surface area (Å²) in [7, 11) is 0. The minimum Gasteiger partial charge on any atom is -0.481 e. The van der Waals surface area contributed by atoms with Crippen LogP contribution in [-0.4, -0.2) is 21.0 Å². The topological polar surface area (TPSA) is 66.0 Å². The van der Waals surface area contributed by atoms with Gasteiger partial charge in [-0.3, -0.25) is 4.79 Å². The number of aryl methyl sites for hydroxylation is 2. The Hall–Kier alpha value is -1.32. The summed E-state index contributed by atoms with van der Waals surface area (Å²) in [6.07, 6.45) is 2.49. The second kappa shape index (κ2) is 4.96. The molecule has 0 radical (unpaired) electrons. The van der Waals surface area contributed by atoms with Crippen molar-refractivity contribution >= 4 is 5.97 Å². The lowest BCUT2D eigenvalue weighted by molar-refractivity contribution is -0.139.